The van der Waals surface area contributed by atoms with Crippen LogP contribution < -0.4 is 5.32 Å². The van der Waals surface area contributed by atoms with Gasteiger partial charge in [-0.2, -0.15) is 0 Å². The third kappa shape index (κ3) is 4.18. The van der Waals surface area contributed by atoms with Gasteiger partial charge in [-0.15, -0.1) is 0 Å². The lowest BCUT2D eigenvalue weighted by Crippen LogP contribution is -2.48. The Morgan fingerprint density at radius 3 is 2.18 bits per heavy atom. The van der Waals surface area contributed by atoms with Gasteiger partial charge in [0.05, 0.1) is 27.7 Å². The first-order chi connectivity index (χ1) is 13.5. The molecule has 0 atom stereocenters. The molecule has 1 saturated carbocycles. The van der Waals surface area contributed by atoms with Crippen molar-refractivity contribution in [2.45, 2.75) is 38.0 Å². The zero-order valence-electron chi connectivity index (χ0n) is 15.9. The molecule has 1 fully saturated rings. The van der Waals surface area contributed by atoms with Crippen LogP contribution in [0.5, 0.6) is 0 Å². The molecule has 0 spiro atoms. The lowest BCUT2D eigenvalue weighted by molar-refractivity contribution is -0.139. The fourth-order valence-electron chi connectivity index (χ4n) is 3.96. The largest absolute Gasteiger partial charge is 0.333 e. The van der Waals surface area contributed by atoms with E-state index in [1.165, 1.54) is 0 Å². The number of nitrogens with one attached hydrogen (secondary N) is 1. The maximum atomic E-state index is 13.5. The average Bonchev–Trinajstić information content (AvgIpc) is 3.20. The van der Waals surface area contributed by atoms with Gasteiger partial charge in [-0.25, -0.2) is 0 Å². The van der Waals surface area contributed by atoms with Gasteiger partial charge in [-0.3, -0.25) is 9.59 Å². The van der Waals surface area contributed by atoms with E-state index < -0.39 is 5.41 Å². The van der Waals surface area contributed by atoms with Crippen LogP contribution in [0.2, 0.25) is 10.0 Å². The molecule has 0 heterocycles. The van der Waals surface area contributed by atoms with Gasteiger partial charge < -0.3 is 10.2 Å². The minimum Gasteiger partial charge on any atom is -0.333 e. The summed E-state index contributed by atoms with van der Waals surface area (Å²) in [5.41, 5.74) is 0.864. The zero-order valence-corrected chi connectivity index (χ0v) is 17.4. The molecule has 0 aliphatic heterocycles. The number of amides is 2. The Morgan fingerprint density at radius 1 is 1.00 bits per heavy atom. The van der Waals surface area contributed by atoms with E-state index in [1.54, 1.807) is 23.1 Å². The molecule has 28 heavy (non-hydrogen) atoms. The number of hydrogen-bond acceptors (Lipinski definition) is 2. The van der Waals surface area contributed by atoms with E-state index in [2.05, 4.69) is 5.32 Å². The lowest BCUT2D eigenvalue weighted by atomic mass is 9.77. The number of carbonyl (C=O) groups is 2. The summed E-state index contributed by atoms with van der Waals surface area (Å²) in [6, 6.07) is 14.9. The molecule has 1 aliphatic carbocycles. The van der Waals surface area contributed by atoms with Gasteiger partial charge in [0.1, 0.15) is 0 Å². The Hall–Kier alpha value is -2.04. The summed E-state index contributed by atoms with van der Waals surface area (Å²) < 4.78 is 0. The van der Waals surface area contributed by atoms with Crippen molar-refractivity contribution < 1.29 is 9.59 Å². The van der Waals surface area contributed by atoms with Crippen LogP contribution >= 0.6 is 23.2 Å². The first-order valence-corrected chi connectivity index (χ1v) is 10.3. The topological polar surface area (TPSA) is 49.4 Å². The maximum Gasteiger partial charge on any atom is 0.244 e. The molecule has 148 valence electrons. The van der Waals surface area contributed by atoms with Crippen molar-refractivity contribution in [2.75, 3.05) is 18.4 Å². The zero-order chi connectivity index (χ0) is 20.1. The Morgan fingerprint density at radius 2 is 1.61 bits per heavy atom. The number of benzene rings is 2. The maximum absolute atomic E-state index is 13.5. The van der Waals surface area contributed by atoms with Gasteiger partial charge >= 0.3 is 0 Å². The van der Waals surface area contributed by atoms with Crippen LogP contribution in [-0.4, -0.2) is 29.8 Å². The Kier molecular flexibility index (Phi) is 6.63. The Balaban J connectivity index is 1.78. The summed E-state index contributed by atoms with van der Waals surface area (Å²) in [5, 5.41) is 3.48. The Bertz CT molecular complexity index is 829. The van der Waals surface area contributed by atoms with Crippen molar-refractivity contribution in [3.05, 3.63) is 64.1 Å². The molecule has 1 N–H and O–H groups in total. The van der Waals surface area contributed by atoms with Gasteiger partial charge in [0.2, 0.25) is 11.8 Å². The predicted molar refractivity (Wildman–Crippen MR) is 114 cm³/mol. The molecule has 6 heteroatoms. The quantitative estimate of drug-likeness (QED) is 0.692. The minimum atomic E-state index is -0.542. The number of hydrogen-bond donors (Lipinski definition) is 1. The van der Waals surface area contributed by atoms with Crippen LogP contribution in [0.3, 0.4) is 0 Å². The molecule has 4 nitrogen and oxygen atoms in total. The molecule has 0 radical (unpaired) electrons. The van der Waals surface area contributed by atoms with Crippen LogP contribution in [0.1, 0.15) is 38.2 Å². The first-order valence-electron chi connectivity index (χ1n) is 9.56. The average molecular weight is 419 g/mol. The first kappa shape index (κ1) is 20.7. The fraction of sp³-hybridized carbons (Fsp3) is 0.364. The number of likely N-dealkylation sites (N-methyl/N-ethyl adjacent to an activating group) is 1. The van der Waals surface area contributed by atoms with E-state index in [0.717, 1.165) is 31.2 Å². The summed E-state index contributed by atoms with van der Waals surface area (Å²) in [4.78, 5) is 27.8. The summed E-state index contributed by atoms with van der Waals surface area (Å²) >= 11 is 12.3. The van der Waals surface area contributed by atoms with Gasteiger partial charge in [-0.1, -0.05) is 72.4 Å². The molecule has 0 bridgehead atoms. The minimum absolute atomic E-state index is 0.0131. The highest BCUT2D eigenvalue weighted by atomic mass is 35.5. The van der Waals surface area contributed by atoms with E-state index in [0.29, 0.717) is 22.3 Å². The smallest absolute Gasteiger partial charge is 0.244 e. The van der Waals surface area contributed by atoms with Crippen LogP contribution in [-0.2, 0) is 15.0 Å². The Labute approximate surface area is 175 Å². The van der Waals surface area contributed by atoms with E-state index >= 15 is 0 Å². The van der Waals surface area contributed by atoms with E-state index in [9.17, 15) is 9.59 Å². The fourth-order valence-corrected chi connectivity index (χ4v) is 4.45. The molecule has 0 saturated heterocycles. The highest BCUT2D eigenvalue weighted by Crippen LogP contribution is 2.42. The number of nitrogens with zero attached hydrogens (tertiary/aromatic N) is 1. The molecule has 2 amide bonds. The SMILES string of the molecule is CCN(CC(=O)Nc1c(Cl)cccc1Cl)C(=O)C1(c2ccccc2)CCCC1. The van der Waals surface area contributed by atoms with Crippen molar-refractivity contribution in [2.24, 2.45) is 0 Å². The van der Waals surface area contributed by atoms with Crippen molar-refractivity contribution in [1.82, 2.24) is 4.90 Å². The molecule has 0 unspecified atom stereocenters. The molecular weight excluding hydrogens is 395 g/mol. The van der Waals surface area contributed by atoms with E-state index in [-0.39, 0.29) is 18.4 Å². The third-order valence-corrected chi connectivity index (χ3v) is 6.05. The molecule has 2 aromatic carbocycles. The van der Waals surface area contributed by atoms with Gasteiger partial charge in [0.25, 0.3) is 0 Å². The number of para-hydroxylation sites is 1. The normalized spacial score (nSPS) is 15.2. The van der Waals surface area contributed by atoms with Crippen LogP contribution in [0.4, 0.5) is 5.69 Å². The van der Waals surface area contributed by atoms with Crippen LogP contribution in [0.15, 0.2) is 48.5 Å². The van der Waals surface area contributed by atoms with Crippen molar-refractivity contribution >= 4 is 40.7 Å². The van der Waals surface area contributed by atoms with Crippen molar-refractivity contribution in [1.29, 1.82) is 0 Å². The summed E-state index contributed by atoms with van der Waals surface area (Å²) in [6.45, 7) is 2.31. The molecular formula is C22H24Cl2N2O2. The number of rotatable bonds is 6. The summed E-state index contributed by atoms with van der Waals surface area (Å²) in [6.07, 6.45) is 3.65. The predicted octanol–water partition coefficient (Wildman–Crippen LogP) is 5.29. The second-order valence-corrected chi connectivity index (χ2v) is 7.93. The monoisotopic (exact) mass is 418 g/mol. The summed E-state index contributed by atoms with van der Waals surface area (Å²) in [5.74, 6) is -0.300. The van der Waals surface area contributed by atoms with Crippen molar-refractivity contribution in [3.8, 4) is 0 Å². The standard InChI is InChI=1S/C22H24Cl2N2O2/c1-2-26(15-19(27)25-20-17(23)11-8-12-18(20)24)21(28)22(13-6-7-14-22)16-9-4-3-5-10-16/h3-5,8-12H,2,6-7,13-15H2,1H3,(H,25,27). The molecule has 0 aromatic heterocycles. The summed E-state index contributed by atoms with van der Waals surface area (Å²) in [7, 11) is 0. The highest BCUT2D eigenvalue weighted by molar-refractivity contribution is 6.39. The number of anilines is 1. The highest BCUT2D eigenvalue weighted by Gasteiger charge is 2.44. The van der Waals surface area contributed by atoms with E-state index in [4.69, 9.17) is 23.2 Å². The second-order valence-electron chi connectivity index (χ2n) is 7.12. The molecule has 3 rings (SSSR count). The third-order valence-electron chi connectivity index (χ3n) is 5.42. The van der Waals surface area contributed by atoms with Crippen LogP contribution in [0, 0.1) is 0 Å². The van der Waals surface area contributed by atoms with Gasteiger partial charge in [0, 0.05) is 6.54 Å². The van der Waals surface area contributed by atoms with Crippen LogP contribution in [0.25, 0.3) is 0 Å². The molecule has 2 aromatic rings. The molecule has 1 aliphatic rings. The van der Waals surface area contributed by atoms with Crippen molar-refractivity contribution in [3.63, 3.8) is 0 Å². The number of halogens is 2. The van der Waals surface area contributed by atoms with E-state index in [1.807, 2.05) is 37.3 Å². The second kappa shape index (κ2) is 8.97. The van der Waals surface area contributed by atoms with Gasteiger partial charge in [0.15, 0.2) is 0 Å². The lowest BCUT2D eigenvalue weighted by Gasteiger charge is -2.34. The number of carbonyl (C=O) groups excluding carboxylic acids is 2. The van der Waals surface area contributed by atoms with Gasteiger partial charge in [-0.05, 0) is 37.5 Å².